The smallest absolute Gasteiger partial charge is 0.325 e. The maximum Gasteiger partial charge on any atom is 0.329 e. The highest BCUT2D eigenvalue weighted by atomic mass is 19.1. The molecule has 1 N–H and O–H groups in total. The number of amides is 3. The van der Waals surface area contributed by atoms with Crippen molar-refractivity contribution in [2.75, 3.05) is 4.90 Å². The number of anilines is 1. The first-order chi connectivity index (χ1) is 9.66. The number of nitrogens with one attached hydrogen (secondary N) is 1. The number of hydrogen-bond donors (Lipinski definition) is 1. The van der Waals surface area contributed by atoms with E-state index in [-0.39, 0.29) is 17.6 Å². The molecule has 1 aromatic rings. The summed E-state index contributed by atoms with van der Waals surface area (Å²) < 4.78 is 12.9. The van der Waals surface area contributed by atoms with Crippen LogP contribution in [0.2, 0.25) is 0 Å². The van der Waals surface area contributed by atoms with Crippen LogP contribution in [0.15, 0.2) is 24.3 Å². The molecule has 1 heterocycles. The van der Waals surface area contributed by atoms with Gasteiger partial charge in [0, 0.05) is 0 Å². The zero-order valence-electron chi connectivity index (χ0n) is 11.1. The van der Waals surface area contributed by atoms with Crippen molar-refractivity contribution in [2.24, 2.45) is 5.92 Å². The average molecular weight is 276 g/mol. The number of hydrogen-bond acceptors (Lipinski definition) is 2. The second-order valence-electron chi connectivity index (χ2n) is 5.48. The first-order valence-corrected chi connectivity index (χ1v) is 7.07. The van der Waals surface area contributed by atoms with Crippen LogP contribution < -0.4 is 10.2 Å². The molecule has 2 aliphatic rings. The highest BCUT2D eigenvalue weighted by Gasteiger charge is 2.43. The number of nitrogens with zero attached hydrogens (tertiary/aromatic N) is 1. The van der Waals surface area contributed by atoms with Gasteiger partial charge in [0.25, 0.3) is 5.91 Å². The Morgan fingerprint density at radius 3 is 2.35 bits per heavy atom. The van der Waals surface area contributed by atoms with Crippen molar-refractivity contribution in [2.45, 2.75) is 38.1 Å². The van der Waals surface area contributed by atoms with E-state index in [0.29, 0.717) is 5.69 Å². The highest BCUT2D eigenvalue weighted by Crippen LogP contribution is 2.31. The van der Waals surface area contributed by atoms with Gasteiger partial charge in [-0.3, -0.25) is 4.79 Å². The summed E-state index contributed by atoms with van der Waals surface area (Å²) in [4.78, 5) is 25.6. The van der Waals surface area contributed by atoms with E-state index in [2.05, 4.69) is 5.32 Å². The Hall–Kier alpha value is -1.91. The normalized spacial score (nSPS) is 24.1. The van der Waals surface area contributed by atoms with Gasteiger partial charge in [-0.2, -0.15) is 0 Å². The summed E-state index contributed by atoms with van der Waals surface area (Å²) in [5.74, 6) is -0.371. The summed E-state index contributed by atoms with van der Waals surface area (Å²) in [6, 6.07) is 4.59. The molecule has 1 aliphatic carbocycles. The number of halogens is 1. The number of benzene rings is 1. The van der Waals surface area contributed by atoms with Crippen LogP contribution in [0.5, 0.6) is 0 Å². The molecule has 3 amide bonds. The summed E-state index contributed by atoms with van der Waals surface area (Å²) in [7, 11) is 0. The Balaban J connectivity index is 1.81. The van der Waals surface area contributed by atoms with E-state index in [4.69, 9.17) is 0 Å². The minimum atomic E-state index is -0.423. The van der Waals surface area contributed by atoms with Crippen LogP contribution in [-0.4, -0.2) is 18.0 Å². The standard InChI is InChI=1S/C15H17FN2O2/c16-11-6-8-12(9-7-11)18-14(19)13(17-15(18)20)10-4-2-1-3-5-10/h6-10,13H,1-5H2,(H,17,20). The Kier molecular flexibility index (Phi) is 3.42. The molecule has 5 heteroatoms. The molecule has 106 valence electrons. The van der Waals surface area contributed by atoms with Crippen LogP contribution in [0.25, 0.3) is 0 Å². The fraction of sp³-hybridized carbons (Fsp3) is 0.467. The van der Waals surface area contributed by atoms with E-state index in [0.717, 1.165) is 30.6 Å². The second-order valence-corrected chi connectivity index (χ2v) is 5.48. The summed E-state index contributed by atoms with van der Waals surface area (Å²) >= 11 is 0. The number of carbonyl (C=O) groups excluding carboxylic acids is 2. The molecule has 1 saturated carbocycles. The van der Waals surface area contributed by atoms with Crippen molar-refractivity contribution in [1.29, 1.82) is 0 Å². The average Bonchev–Trinajstić information content (AvgIpc) is 2.76. The summed E-state index contributed by atoms with van der Waals surface area (Å²) in [5.41, 5.74) is 0.423. The zero-order valence-corrected chi connectivity index (χ0v) is 11.1. The van der Waals surface area contributed by atoms with Crippen LogP contribution in [-0.2, 0) is 4.79 Å². The predicted molar refractivity (Wildman–Crippen MR) is 72.8 cm³/mol. The van der Waals surface area contributed by atoms with E-state index in [1.54, 1.807) is 0 Å². The Morgan fingerprint density at radius 1 is 1.05 bits per heavy atom. The van der Waals surface area contributed by atoms with Crippen LogP contribution in [0, 0.1) is 11.7 Å². The third kappa shape index (κ3) is 2.28. The van der Waals surface area contributed by atoms with E-state index in [9.17, 15) is 14.0 Å². The third-order valence-corrected chi connectivity index (χ3v) is 4.17. The largest absolute Gasteiger partial charge is 0.329 e. The van der Waals surface area contributed by atoms with Gasteiger partial charge in [-0.1, -0.05) is 19.3 Å². The van der Waals surface area contributed by atoms with E-state index in [1.807, 2.05) is 0 Å². The molecule has 3 rings (SSSR count). The summed E-state index contributed by atoms with van der Waals surface area (Å²) in [5, 5.41) is 2.78. The molecular formula is C15H17FN2O2. The van der Waals surface area contributed by atoms with Gasteiger partial charge < -0.3 is 5.32 Å². The van der Waals surface area contributed by atoms with Gasteiger partial charge in [0.05, 0.1) is 5.69 Å². The maximum absolute atomic E-state index is 12.9. The van der Waals surface area contributed by atoms with Crippen LogP contribution in [0.3, 0.4) is 0 Å². The second kappa shape index (κ2) is 5.23. The minimum Gasteiger partial charge on any atom is -0.325 e. The van der Waals surface area contributed by atoms with Gasteiger partial charge in [-0.25, -0.2) is 14.1 Å². The van der Waals surface area contributed by atoms with Gasteiger partial charge in [0.2, 0.25) is 0 Å². The Labute approximate surface area is 117 Å². The summed E-state index contributed by atoms with van der Waals surface area (Å²) in [6.45, 7) is 0. The lowest BCUT2D eigenvalue weighted by atomic mass is 9.84. The van der Waals surface area contributed by atoms with Crippen molar-refractivity contribution in [3.05, 3.63) is 30.1 Å². The SMILES string of the molecule is O=C1NC(C2CCCCC2)C(=O)N1c1ccc(F)cc1. The Morgan fingerprint density at radius 2 is 1.70 bits per heavy atom. The summed E-state index contributed by atoms with van der Waals surface area (Å²) in [6.07, 6.45) is 5.39. The molecule has 4 nitrogen and oxygen atoms in total. The number of rotatable bonds is 2. The number of carbonyl (C=O) groups is 2. The van der Waals surface area contributed by atoms with Crippen molar-refractivity contribution in [3.8, 4) is 0 Å². The molecule has 2 fully saturated rings. The molecule has 1 atom stereocenters. The minimum absolute atomic E-state index is 0.214. The molecule has 0 spiro atoms. The highest BCUT2D eigenvalue weighted by molar-refractivity contribution is 6.21. The topological polar surface area (TPSA) is 49.4 Å². The lowest BCUT2D eigenvalue weighted by Gasteiger charge is -2.25. The molecule has 0 bridgehead atoms. The van der Waals surface area contributed by atoms with Gasteiger partial charge in [-0.15, -0.1) is 0 Å². The Bertz CT molecular complexity index is 523. The van der Waals surface area contributed by atoms with Crippen LogP contribution in [0.4, 0.5) is 14.9 Å². The van der Waals surface area contributed by atoms with Crippen LogP contribution >= 0.6 is 0 Å². The van der Waals surface area contributed by atoms with Crippen molar-refractivity contribution in [1.82, 2.24) is 5.32 Å². The maximum atomic E-state index is 12.9. The predicted octanol–water partition coefficient (Wildman–Crippen LogP) is 2.83. The molecule has 0 aromatic heterocycles. The lowest BCUT2D eigenvalue weighted by Crippen LogP contribution is -2.38. The van der Waals surface area contributed by atoms with Gasteiger partial charge in [0.1, 0.15) is 11.9 Å². The first kappa shape index (κ1) is 13.1. The van der Waals surface area contributed by atoms with E-state index in [1.165, 1.54) is 30.7 Å². The van der Waals surface area contributed by atoms with Crippen molar-refractivity contribution < 1.29 is 14.0 Å². The molecule has 1 aliphatic heterocycles. The van der Waals surface area contributed by atoms with Gasteiger partial charge in [0.15, 0.2) is 0 Å². The monoisotopic (exact) mass is 276 g/mol. The quantitative estimate of drug-likeness (QED) is 0.844. The first-order valence-electron chi connectivity index (χ1n) is 7.07. The number of urea groups is 1. The molecule has 20 heavy (non-hydrogen) atoms. The fourth-order valence-corrected chi connectivity index (χ4v) is 3.12. The van der Waals surface area contributed by atoms with Gasteiger partial charge >= 0.3 is 6.03 Å². The molecule has 1 saturated heterocycles. The van der Waals surface area contributed by atoms with E-state index < -0.39 is 12.1 Å². The van der Waals surface area contributed by atoms with Gasteiger partial charge in [-0.05, 0) is 43.0 Å². The van der Waals surface area contributed by atoms with Crippen LogP contribution in [0.1, 0.15) is 32.1 Å². The fourth-order valence-electron chi connectivity index (χ4n) is 3.12. The molecule has 0 radical (unpaired) electrons. The zero-order chi connectivity index (χ0) is 14.1. The van der Waals surface area contributed by atoms with Crippen molar-refractivity contribution >= 4 is 17.6 Å². The molecule has 1 aromatic carbocycles. The van der Waals surface area contributed by atoms with Crippen molar-refractivity contribution in [3.63, 3.8) is 0 Å². The number of imide groups is 1. The lowest BCUT2D eigenvalue weighted by molar-refractivity contribution is -0.119. The molecular weight excluding hydrogens is 259 g/mol. The molecule has 1 unspecified atom stereocenters. The van der Waals surface area contributed by atoms with E-state index >= 15 is 0 Å². The third-order valence-electron chi connectivity index (χ3n) is 4.17.